The minimum absolute atomic E-state index is 0.135. The van der Waals surface area contributed by atoms with Crippen LogP contribution in [0.4, 0.5) is 5.82 Å². The predicted octanol–water partition coefficient (Wildman–Crippen LogP) is 3.07. The summed E-state index contributed by atoms with van der Waals surface area (Å²) in [6, 6.07) is 4.27. The van der Waals surface area contributed by atoms with Gasteiger partial charge in [0.05, 0.1) is 26.0 Å². The molecule has 1 aromatic carbocycles. The summed E-state index contributed by atoms with van der Waals surface area (Å²) in [5.41, 5.74) is 3.81. The van der Waals surface area contributed by atoms with Crippen LogP contribution in [0.15, 0.2) is 23.0 Å². The molecule has 130 valence electrons. The average molecular weight is 340 g/mol. The lowest BCUT2D eigenvalue weighted by atomic mass is 9.92. The largest absolute Gasteiger partial charge is 0.493 e. The molecule has 7 nitrogen and oxygen atoms in total. The fourth-order valence-electron chi connectivity index (χ4n) is 3.56. The number of aromatic nitrogens is 3. The number of rotatable bonds is 3. The summed E-state index contributed by atoms with van der Waals surface area (Å²) >= 11 is 0. The van der Waals surface area contributed by atoms with Crippen molar-refractivity contribution in [2.24, 2.45) is 0 Å². The molecule has 0 spiro atoms. The van der Waals surface area contributed by atoms with Crippen molar-refractivity contribution in [3.8, 4) is 11.5 Å². The summed E-state index contributed by atoms with van der Waals surface area (Å²) in [6.07, 6.45) is 2.43. The molecule has 4 rings (SSSR count). The van der Waals surface area contributed by atoms with Crippen LogP contribution < -0.4 is 14.4 Å². The van der Waals surface area contributed by atoms with Crippen molar-refractivity contribution in [2.45, 2.75) is 26.3 Å². The molecule has 0 saturated heterocycles. The van der Waals surface area contributed by atoms with Crippen LogP contribution in [0.25, 0.3) is 11.1 Å². The number of nitrogens with zero attached hydrogens (tertiary/aromatic N) is 4. The molecule has 0 bridgehead atoms. The normalized spacial score (nSPS) is 16.8. The molecule has 0 saturated carbocycles. The third kappa shape index (κ3) is 2.38. The van der Waals surface area contributed by atoms with Gasteiger partial charge in [-0.25, -0.2) is 4.98 Å². The van der Waals surface area contributed by atoms with Crippen LogP contribution in [0.2, 0.25) is 0 Å². The minimum atomic E-state index is 0.135. The molecule has 25 heavy (non-hydrogen) atoms. The second kappa shape index (κ2) is 5.91. The Kier molecular flexibility index (Phi) is 3.71. The van der Waals surface area contributed by atoms with E-state index < -0.39 is 0 Å². The zero-order chi connectivity index (χ0) is 17.6. The van der Waals surface area contributed by atoms with Gasteiger partial charge in [-0.15, -0.1) is 0 Å². The van der Waals surface area contributed by atoms with E-state index in [4.69, 9.17) is 14.0 Å². The zero-order valence-corrected chi connectivity index (χ0v) is 14.7. The number of aryl methyl sites for hydroxylation is 1. The number of methoxy groups -OCH3 is 2. The van der Waals surface area contributed by atoms with Gasteiger partial charge in [0.2, 0.25) is 0 Å². The maximum absolute atomic E-state index is 5.47. The van der Waals surface area contributed by atoms with Crippen LogP contribution in [-0.4, -0.2) is 35.9 Å². The highest BCUT2D eigenvalue weighted by molar-refractivity contribution is 5.88. The van der Waals surface area contributed by atoms with Crippen LogP contribution in [0.1, 0.15) is 29.8 Å². The van der Waals surface area contributed by atoms with E-state index in [1.165, 1.54) is 17.5 Å². The number of benzene rings is 1. The van der Waals surface area contributed by atoms with Gasteiger partial charge in [0.1, 0.15) is 17.5 Å². The van der Waals surface area contributed by atoms with Crippen molar-refractivity contribution >= 4 is 16.9 Å². The van der Waals surface area contributed by atoms with Gasteiger partial charge in [-0.3, -0.25) is 0 Å². The van der Waals surface area contributed by atoms with Crippen molar-refractivity contribution in [3.05, 3.63) is 35.3 Å². The van der Waals surface area contributed by atoms with E-state index in [1.54, 1.807) is 14.2 Å². The van der Waals surface area contributed by atoms with E-state index in [0.29, 0.717) is 5.71 Å². The van der Waals surface area contributed by atoms with E-state index in [1.807, 2.05) is 6.92 Å². The smallest absolute Gasteiger partial charge is 0.263 e. The third-order valence-electron chi connectivity index (χ3n) is 4.88. The maximum atomic E-state index is 5.47. The zero-order valence-electron chi connectivity index (χ0n) is 14.7. The Balaban J connectivity index is 1.81. The molecule has 2 aromatic heterocycles. The summed E-state index contributed by atoms with van der Waals surface area (Å²) in [4.78, 5) is 11.0. The Morgan fingerprint density at radius 3 is 2.68 bits per heavy atom. The lowest BCUT2D eigenvalue weighted by Gasteiger charge is -2.36. The van der Waals surface area contributed by atoms with Crippen LogP contribution in [0.3, 0.4) is 0 Å². The number of ether oxygens (including phenoxy) is 2. The van der Waals surface area contributed by atoms with Crippen molar-refractivity contribution in [3.63, 3.8) is 0 Å². The highest BCUT2D eigenvalue weighted by atomic mass is 16.5. The third-order valence-corrected chi connectivity index (χ3v) is 4.88. The van der Waals surface area contributed by atoms with Crippen molar-refractivity contribution < 1.29 is 14.0 Å². The molecule has 0 amide bonds. The van der Waals surface area contributed by atoms with Crippen LogP contribution in [0.5, 0.6) is 11.5 Å². The van der Waals surface area contributed by atoms with Crippen LogP contribution in [-0.2, 0) is 6.42 Å². The van der Waals surface area contributed by atoms with Gasteiger partial charge >= 0.3 is 0 Å². The first-order valence-electron chi connectivity index (χ1n) is 8.22. The van der Waals surface area contributed by atoms with E-state index in [9.17, 15) is 0 Å². The van der Waals surface area contributed by atoms with Crippen molar-refractivity contribution in [2.75, 3.05) is 25.7 Å². The summed E-state index contributed by atoms with van der Waals surface area (Å²) in [6.45, 7) is 4.93. The van der Waals surface area contributed by atoms with Gasteiger partial charge in [0.15, 0.2) is 11.5 Å². The predicted molar refractivity (Wildman–Crippen MR) is 93.3 cm³/mol. The Labute approximate surface area is 145 Å². The standard InChI is InChI=1S/C18H20N4O3/c1-10-16-17(19-9-20-18(16)25-21-10)22-6-5-12-7-14(23-3)15(24-4)8-13(12)11(22)2/h7-9,11H,5-6H2,1-4H3/t11-/m0/s1. The lowest BCUT2D eigenvalue weighted by Crippen LogP contribution is -2.34. The lowest BCUT2D eigenvalue weighted by molar-refractivity contribution is 0.353. The number of anilines is 1. The Morgan fingerprint density at radius 1 is 1.16 bits per heavy atom. The highest BCUT2D eigenvalue weighted by Crippen LogP contribution is 2.40. The van der Waals surface area contributed by atoms with E-state index in [2.05, 4.69) is 39.1 Å². The first-order valence-corrected chi connectivity index (χ1v) is 8.22. The van der Waals surface area contributed by atoms with Gasteiger partial charge in [0, 0.05) is 6.54 Å². The quantitative estimate of drug-likeness (QED) is 0.725. The molecule has 3 heterocycles. The molecule has 0 aliphatic carbocycles. The van der Waals surface area contributed by atoms with Gasteiger partial charge in [-0.2, -0.15) is 4.98 Å². The molecular weight excluding hydrogens is 320 g/mol. The van der Waals surface area contributed by atoms with Crippen molar-refractivity contribution in [1.82, 2.24) is 15.1 Å². The van der Waals surface area contributed by atoms with Gasteiger partial charge in [0.25, 0.3) is 5.71 Å². The van der Waals surface area contributed by atoms with Crippen LogP contribution >= 0.6 is 0 Å². The second-order valence-corrected chi connectivity index (χ2v) is 6.17. The van der Waals surface area contributed by atoms with Crippen molar-refractivity contribution in [1.29, 1.82) is 0 Å². The first kappa shape index (κ1) is 15.7. The Hall–Kier alpha value is -2.83. The fourth-order valence-corrected chi connectivity index (χ4v) is 3.56. The summed E-state index contributed by atoms with van der Waals surface area (Å²) < 4.78 is 16.2. The van der Waals surface area contributed by atoms with E-state index in [-0.39, 0.29) is 6.04 Å². The second-order valence-electron chi connectivity index (χ2n) is 6.17. The molecule has 3 aromatic rings. The number of fused-ring (bicyclic) bond motifs is 2. The molecule has 7 heteroatoms. The SMILES string of the molecule is COc1cc2c(cc1OC)[C@H](C)N(c1ncnc3onc(C)c13)CC2. The van der Waals surface area contributed by atoms with Crippen LogP contribution in [0, 0.1) is 6.92 Å². The molecule has 1 atom stereocenters. The average Bonchev–Trinajstić information content (AvgIpc) is 3.02. The minimum Gasteiger partial charge on any atom is -0.493 e. The van der Waals surface area contributed by atoms with E-state index in [0.717, 1.165) is 41.4 Å². The topological polar surface area (TPSA) is 73.5 Å². The highest BCUT2D eigenvalue weighted by Gasteiger charge is 2.29. The monoisotopic (exact) mass is 340 g/mol. The molecule has 1 aliphatic heterocycles. The van der Waals surface area contributed by atoms with Gasteiger partial charge < -0.3 is 18.9 Å². The van der Waals surface area contributed by atoms with E-state index >= 15 is 0 Å². The number of hydrogen-bond donors (Lipinski definition) is 0. The molecule has 1 aliphatic rings. The molecule has 0 N–H and O–H groups in total. The fraction of sp³-hybridized carbons (Fsp3) is 0.389. The van der Waals surface area contributed by atoms with Gasteiger partial charge in [-0.05, 0) is 43.5 Å². The Bertz CT molecular complexity index is 937. The number of hydrogen-bond acceptors (Lipinski definition) is 7. The maximum Gasteiger partial charge on any atom is 0.263 e. The molecular formula is C18H20N4O3. The first-order chi connectivity index (χ1) is 12.1. The van der Waals surface area contributed by atoms with Gasteiger partial charge in [-0.1, -0.05) is 5.16 Å². The molecule has 0 radical (unpaired) electrons. The summed E-state index contributed by atoms with van der Waals surface area (Å²) in [5.74, 6) is 2.36. The summed E-state index contributed by atoms with van der Waals surface area (Å²) in [5, 5.41) is 4.90. The summed E-state index contributed by atoms with van der Waals surface area (Å²) in [7, 11) is 3.32. The Morgan fingerprint density at radius 2 is 1.92 bits per heavy atom. The molecule has 0 unspecified atom stereocenters. The molecule has 0 fully saturated rings.